The van der Waals surface area contributed by atoms with E-state index < -0.39 is 0 Å². The van der Waals surface area contributed by atoms with Crippen LogP contribution >= 0.6 is 17.2 Å². The fourth-order valence-corrected chi connectivity index (χ4v) is 3.60. The van der Waals surface area contributed by atoms with E-state index in [1.165, 1.54) is 25.1 Å². The van der Waals surface area contributed by atoms with Gasteiger partial charge in [-0.1, -0.05) is 17.2 Å². The van der Waals surface area contributed by atoms with Crippen LogP contribution in [0, 0.1) is 0 Å². The van der Waals surface area contributed by atoms with E-state index in [2.05, 4.69) is 23.9 Å². The molecule has 4 heteroatoms. The Morgan fingerprint density at radius 1 is 0.800 bits per heavy atom. The van der Waals surface area contributed by atoms with E-state index in [9.17, 15) is 0 Å². The lowest BCUT2D eigenvalue weighted by Gasteiger charge is -2.24. The molecule has 0 aliphatic carbocycles. The van der Waals surface area contributed by atoms with Gasteiger partial charge in [0.25, 0.3) is 0 Å². The Bertz CT molecular complexity index is 79.7. The van der Waals surface area contributed by atoms with E-state index in [0.29, 0.717) is 0 Å². The predicted molar refractivity (Wildman–Crippen MR) is 51.6 cm³/mol. The van der Waals surface area contributed by atoms with Crippen molar-refractivity contribution >= 4 is 17.2 Å². The molecule has 1 aliphatic rings. The van der Waals surface area contributed by atoms with Crippen LogP contribution in [0.25, 0.3) is 0 Å². The summed E-state index contributed by atoms with van der Waals surface area (Å²) in [5.41, 5.74) is 0. The van der Waals surface area contributed by atoms with Crippen molar-refractivity contribution in [2.45, 2.75) is 0 Å². The zero-order valence-electron chi connectivity index (χ0n) is 6.72. The molecule has 1 fully saturated rings. The summed E-state index contributed by atoms with van der Waals surface area (Å²) < 4.78 is 0. The van der Waals surface area contributed by atoms with Gasteiger partial charge in [-0.15, -0.1) is 0 Å². The van der Waals surface area contributed by atoms with Crippen LogP contribution < -0.4 is 0 Å². The molecular formula is C6H16N2P2. The lowest BCUT2D eigenvalue weighted by atomic mass is 11.0. The van der Waals surface area contributed by atoms with Crippen molar-refractivity contribution in [2.24, 2.45) is 0 Å². The number of hydrogen-bond donors (Lipinski definition) is 0. The van der Waals surface area contributed by atoms with Gasteiger partial charge in [0.05, 0.1) is 0 Å². The molecule has 0 aromatic rings. The summed E-state index contributed by atoms with van der Waals surface area (Å²) in [5, 5.41) is 0. The highest BCUT2D eigenvalue weighted by molar-refractivity contribution is 7.39. The maximum Gasteiger partial charge on any atom is 0.0168 e. The van der Waals surface area contributed by atoms with Crippen LogP contribution in [0.1, 0.15) is 0 Å². The van der Waals surface area contributed by atoms with Gasteiger partial charge in [-0.25, -0.2) is 0 Å². The van der Waals surface area contributed by atoms with Crippen molar-refractivity contribution in [1.82, 2.24) is 9.80 Å². The summed E-state index contributed by atoms with van der Waals surface area (Å²) in [4.78, 5) is 4.90. The topological polar surface area (TPSA) is 6.48 Å². The first kappa shape index (κ1) is 8.87. The predicted octanol–water partition coefficient (Wildman–Crippen LogP) is 1.05. The SMILES string of the molecule is CN1CPCN(C)CPC1. The minimum Gasteiger partial charge on any atom is -0.299 e. The molecule has 1 saturated heterocycles. The second-order valence-corrected chi connectivity index (χ2v) is 5.11. The lowest BCUT2D eigenvalue weighted by molar-refractivity contribution is 0.423. The van der Waals surface area contributed by atoms with Crippen LogP contribution in [0.15, 0.2) is 0 Å². The van der Waals surface area contributed by atoms with Gasteiger partial charge >= 0.3 is 0 Å². The summed E-state index contributed by atoms with van der Waals surface area (Å²) in [7, 11) is 6.67. The van der Waals surface area contributed by atoms with Crippen molar-refractivity contribution in [2.75, 3.05) is 39.2 Å². The van der Waals surface area contributed by atoms with Gasteiger partial charge in [-0.05, 0) is 14.1 Å². The average molecular weight is 178 g/mol. The van der Waals surface area contributed by atoms with Crippen LogP contribution in [0.3, 0.4) is 0 Å². The molecule has 0 aromatic heterocycles. The molecule has 0 radical (unpaired) electrons. The van der Waals surface area contributed by atoms with E-state index >= 15 is 0 Å². The van der Waals surface area contributed by atoms with Crippen LogP contribution in [-0.4, -0.2) is 49.0 Å². The highest BCUT2D eigenvalue weighted by atomic mass is 31.1. The summed E-state index contributed by atoms with van der Waals surface area (Å²) in [6.07, 6.45) is 5.21. The van der Waals surface area contributed by atoms with E-state index in [0.717, 1.165) is 17.2 Å². The van der Waals surface area contributed by atoms with Crippen LogP contribution in [0.5, 0.6) is 0 Å². The standard InChI is InChI=1S/C6H16N2P2/c1-7-3-9-5-8(2)6-10-4-7/h9-10H,3-6H2,1-2H3. The molecular weight excluding hydrogens is 162 g/mol. The normalized spacial score (nSPS) is 30.6. The van der Waals surface area contributed by atoms with E-state index in [-0.39, 0.29) is 0 Å². The van der Waals surface area contributed by atoms with Gasteiger partial charge in [0, 0.05) is 25.1 Å². The van der Waals surface area contributed by atoms with Crippen molar-refractivity contribution in [3.05, 3.63) is 0 Å². The summed E-state index contributed by atoms with van der Waals surface area (Å²) in [6, 6.07) is 0. The molecule has 0 spiro atoms. The first-order valence-corrected chi connectivity index (χ1v) is 6.40. The summed E-state index contributed by atoms with van der Waals surface area (Å²) in [6.45, 7) is 0. The third-order valence-corrected chi connectivity index (χ3v) is 4.58. The monoisotopic (exact) mass is 178 g/mol. The summed E-state index contributed by atoms with van der Waals surface area (Å²) >= 11 is 0. The molecule has 0 unspecified atom stereocenters. The Morgan fingerprint density at radius 3 is 1.40 bits per heavy atom. The molecule has 0 amide bonds. The zero-order valence-corrected chi connectivity index (χ0v) is 8.72. The minimum absolute atomic E-state index is 1.11. The molecule has 10 heavy (non-hydrogen) atoms. The fourth-order valence-electron chi connectivity index (χ4n) is 0.975. The van der Waals surface area contributed by atoms with Crippen molar-refractivity contribution in [3.63, 3.8) is 0 Å². The van der Waals surface area contributed by atoms with Crippen LogP contribution in [-0.2, 0) is 0 Å². The molecule has 0 bridgehead atoms. The zero-order chi connectivity index (χ0) is 7.40. The van der Waals surface area contributed by atoms with Crippen molar-refractivity contribution in [3.8, 4) is 0 Å². The molecule has 0 atom stereocenters. The second kappa shape index (κ2) is 4.62. The number of rotatable bonds is 0. The van der Waals surface area contributed by atoms with Gasteiger partial charge in [-0.2, -0.15) is 0 Å². The first-order chi connectivity index (χ1) is 4.79. The fraction of sp³-hybridized carbons (Fsp3) is 1.00. The number of nitrogens with zero attached hydrogens (tertiary/aromatic N) is 2. The van der Waals surface area contributed by atoms with Gasteiger partial charge in [0.2, 0.25) is 0 Å². The highest BCUT2D eigenvalue weighted by Gasteiger charge is 2.04. The quantitative estimate of drug-likeness (QED) is 0.511. The molecule has 0 aromatic carbocycles. The largest absolute Gasteiger partial charge is 0.299 e. The van der Waals surface area contributed by atoms with Gasteiger partial charge < -0.3 is 0 Å². The Labute approximate surface area is 66.9 Å². The maximum atomic E-state index is 2.45. The average Bonchev–Trinajstić information content (AvgIpc) is 1.84. The van der Waals surface area contributed by atoms with Gasteiger partial charge in [-0.3, -0.25) is 9.80 Å². The Morgan fingerprint density at radius 2 is 1.10 bits per heavy atom. The van der Waals surface area contributed by atoms with Crippen molar-refractivity contribution < 1.29 is 0 Å². The summed E-state index contributed by atoms with van der Waals surface area (Å²) in [5.74, 6) is 0. The molecule has 0 N–H and O–H groups in total. The maximum absolute atomic E-state index is 2.45. The van der Waals surface area contributed by atoms with Crippen LogP contribution in [0.4, 0.5) is 0 Å². The third kappa shape index (κ3) is 3.25. The Hall–Kier alpha value is 0.780. The van der Waals surface area contributed by atoms with Crippen molar-refractivity contribution in [1.29, 1.82) is 0 Å². The molecule has 1 rings (SSSR count). The van der Waals surface area contributed by atoms with Gasteiger partial charge in [0.1, 0.15) is 0 Å². The van der Waals surface area contributed by atoms with Crippen LogP contribution in [0.2, 0.25) is 0 Å². The molecule has 1 heterocycles. The Balaban J connectivity index is 2.21. The lowest BCUT2D eigenvalue weighted by Crippen LogP contribution is -2.24. The molecule has 60 valence electrons. The molecule has 2 nitrogen and oxygen atoms in total. The smallest absolute Gasteiger partial charge is 0.0168 e. The van der Waals surface area contributed by atoms with E-state index in [4.69, 9.17) is 0 Å². The number of hydrogen-bond acceptors (Lipinski definition) is 2. The Kier molecular flexibility index (Phi) is 4.10. The molecule has 1 aliphatic heterocycles. The second-order valence-electron chi connectivity index (χ2n) is 2.84. The van der Waals surface area contributed by atoms with E-state index in [1.54, 1.807) is 0 Å². The molecule has 0 saturated carbocycles. The van der Waals surface area contributed by atoms with Gasteiger partial charge in [0.15, 0.2) is 0 Å². The first-order valence-electron chi connectivity index (χ1n) is 3.57. The van der Waals surface area contributed by atoms with E-state index in [1.807, 2.05) is 0 Å². The highest BCUT2D eigenvalue weighted by Crippen LogP contribution is 2.22. The minimum atomic E-state index is 1.11. The third-order valence-electron chi connectivity index (χ3n) is 1.53.